The minimum absolute atomic E-state index is 0.000103. The second-order valence-corrected chi connectivity index (χ2v) is 4.44. The molecule has 114 valence electrons. The number of carboxylic acids is 1. The molecule has 6 heteroatoms. The van der Waals surface area contributed by atoms with Gasteiger partial charge in [0.05, 0.1) is 6.61 Å². The molecule has 0 bridgehead atoms. The van der Waals surface area contributed by atoms with Gasteiger partial charge in [-0.2, -0.15) is 0 Å². The van der Waals surface area contributed by atoms with Gasteiger partial charge in [-0.1, -0.05) is 24.3 Å². The lowest BCUT2D eigenvalue weighted by atomic mass is 10.1. The van der Waals surface area contributed by atoms with E-state index in [9.17, 15) is 9.59 Å². The average Bonchev–Trinajstić information content (AvgIpc) is 2.46. The molecule has 0 spiro atoms. The van der Waals surface area contributed by atoms with Crippen LogP contribution in [0, 0.1) is 0 Å². The number of para-hydroxylation sites is 1. The van der Waals surface area contributed by atoms with Crippen molar-refractivity contribution in [1.29, 1.82) is 0 Å². The molecule has 1 aromatic rings. The standard InChI is InChI=1S/C15H20N2O4/c1-2-9-17(10-11-18)15(21)16-13-6-4-3-5-12(13)7-8-14(19)20/h2-6,18H,1,7-11H2,(H,16,21)(H,19,20). The highest BCUT2D eigenvalue weighted by Gasteiger charge is 2.13. The first-order valence-electron chi connectivity index (χ1n) is 6.66. The fraction of sp³-hybridized carbons (Fsp3) is 0.333. The number of hydrogen-bond donors (Lipinski definition) is 3. The van der Waals surface area contributed by atoms with E-state index in [1.165, 1.54) is 4.90 Å². The third-order valence-corrected chi connectivity index (χ3v) is 2.87. The topological polar surface area (TPSA) is 89.9 Å². The maximum Gasteiger partial charge on any atom is 0.322 e. The number of rotatable bonds is 8. The Kier molecular flexibility index (Phi) is 6.97. The Morgan fingerprint density at radius 1 is 1.33 bits per heavy atom. The van der Waals surface area contributed by atoms with Crippen LogP contribution in [0.1, 0.15) is 12.0 Å². The number of carbonyl (C=O) groups excluding carboxylic acids is 1. The van der Waals surface area contributed by atoms with Crippen molar-refractivity contribution in [2.45, 2.75) is 12.8 Å². The first-order valence-corrected chi connectivity index (χ1v) is 6.66. The first kappa shape index (κ1) is 16.7. The molecule has 0 saturated carbocycles. The Bertz CT molecular complexity index is 502. The Morgan fingerprint density at radius 2 is 2.05 bits per heavy atom. The molecule has 0 heterocycles. The van der Waals surface area contributed by atoms with Gasteiger partial charge in [0.1, 0.15) is 0 Å². The Balaban J connectivity index is 2.78. The Labute approximate surface area is 123 Å². The fourth-order valence-corrected chi connectivity index (χ4v) is 1.85. The lowest BCUT2D eigenvalue weighted by Gasteiger charge is -2.21. The normalized spacial score (nSPS) is 9.95. The molecular weight excluding hydrogens is 272 g/mol. The highest BCUT2D eigenvalue weighted by atomic mass is 16.4. The molecule has 0 fully saturated rings. The van der Waals surface area contributed by atoms with Gasteiger partial charge < -0.3 is 20.4 Å². The molecule has 0 aliphatic rings. The molecular formula is C15H20N2O4. The van der Waals surface area contributed by atoms with Crippen molar-refractivity contribution in [2.24, 2.45) is 0 Å². The van der Waals surface area contributed by atoms with Crippen LogP contribution in [-0.4, -0.2) is 46.8 Å². The summed E-state index contributed by atoms with van der Waals surface area (Å²) in [7, 11) is 0. The number of carboxylic acid groups (broad SMARTS) is 1. The minimum atomic E-state index is -0.885. The van der Waals surface area contributed by atoms with Crippen LogP contribution in [0.3, 0.4) is 0 Å². The predicted octanol–water partition coefficient (Wildman–Crippen LogP) is 1.72. The number of anilines is 1. The van der Waals surface area contributed by atoms with Crippen LogP contribution in [0.15, 0.2) is 36.9 Å². The largest absolute Gasteiger partial charge is 0.481 e. The van der Waals surface area contributed by atoms with Gasteiger partial charge in [-0.05, 0) is 18.1 Å². The number of nitrogens with one attached hydrogen (secondary N) is 1. The summed E-state index contributed by atoms with van der Waals surface area (Å²) in [4.78, 5) is 24.2. The summed E-state index contributed by atoms with van der Waals surface area (Å²) < 4.78 is 0. The van der Waals surface area contributed by atoms with Gasteiger partial charge in [0.15, 0.2) is 0 Å². The van der Waals surface area contributed by atoms with Crippen molar-refractivity contribution in [2.75, 3.05) is 25.0 Å². The molecule has 0 aliphatic carbocycles. The number of nitrogens with zero attached hydrogens (tertiary/aromatic N) is 1. The SMILES string of the molecule is C=CCN(CCO)C(=O)Nc1ccccc1CCC(=O)O. The summed E-state index contributed by atoms with van der Waals surface area (Å²) in [5.74, 6) is -0.885. The molecule has 1 aromatic carbocycles. The predicted molar refractivity (Wildman–Crippen MR) is 80.3 cm³/mol. The zero-order valence-corrected chi connectivity index (χ0v) is 11.8. The van der Waals surface area contributed by atoms with Gasteiger partial charge in [-0.15, -0.1) is 6.58 Å². The lowest BCUT2D eigenvalue weighted by molar-refractivity contribution is -0.136. The van der Waals surface area contributed by atoms with Crippen molar-refractivity contribution < 1.29 is 19.8 Å². The number of urea groups is 1. The molecule has 3 N–H and O–H groups in total. The zero-order chi connectivity index (χ0) is 15.7. The molecule has 0 atom stereocenters. The third-order valence-electron chi connectivity index (χ3n) is 2.87. The van der Waals surface area contributed by atoms with Crippen molar-refractivity contribution in [1.82, 2.24) is 4.90 Å². The van der Waals surface area contributed by atoms with Crippen LogP contribution >= 0.6 is 0 Å². The molecule has 0 saturated heterocycles. The number of benzene rings is 1. The van der Waals surface area contributed by atoms with E-state index in [-0.39, 0.29) is 25.6 Å². The molecule has 1 rings (SSSR count). The van der Waals surface area contributed by atoms with Gasteiger partial charge in [0.2, 0.25) is 0 Å². The highest BCUT2D eigenvalue weighted by Crippen LogP contribution is 2.17. The van der Waals surface area contributed by atoms with E-state index >= 15 is 0 Å². The quantitative estimate of drug-likeness (QED) is 0.636. The van der Waals surface area contributed by atoms with E-state index in [2.05, 4.69) is 11.9 Å². The molecule has 21 heavy (non-hydrogen) atoms. The third kappa shape index (κ3) is 5.66. The van der Waals surface area contributed by atoms with E-state index in [1.54, 1.807) is 30.3 Å². The van der Waals surface area contributed by atoms with E-state index < -0.39 is 5.97 Å². The van der Waals surface area contributed by atoms with E-state index in [1.807, 2.05) is 0 Å². The number of aryl methyl sites for hydroxylation is 1. The van der Waals surface area contributed by atoms with Crippen LogP contribution in [0.5, 0.6) is 0 Å². The molecule has 0 aromatic heterocycles. The van der Waals surface area contributed by atoms with Crippen molar-refractivity contribution in [3.63, 3.8) is 0 Å². The van der Waals surface area contributed by atoms with Gasteiger partial charge >= 0.3 is 12.0 Å². The Morgan fingerprint density at radius 3 is 2.67 bits per heavy atom. The molecule has 6 nitrogen and oxygen atoms in total. The summed E-state index contributed by atoms with van der Waals surface area (Å²) in [6.07, 6.45) is 1.92. The number of hydrogen-bond acceptors (Lipinski definition) is 3. The second-order valence-electron chi connectivity index (χ2n) is 4.44. The van der Waals surface area contributed by atoms with E-state index in [4.69, 9.17) is 10.2 Å². The average molecular weight is 292 g/mol. The van der Waals surface area contributed by atoms with Gasteiger partial charge in [0, 0.05) is 25.2 Å². The highest BCUT2D eigenvalue weighted by molar-refractivity contribution is 5.90. The van der Waals surface area contributed by atoms with Crippen LogP contribution in [0.4, 0.5) is 10.5 Å². The van der Waals surface area contributed by atoms with Crippen LogP contribution in [0.2, 0.25) is 0 Å². The Hall–Kier alpha value is -2.34. The van der Waals surface area contributed by atoms with Crippen LogP contribution in [0.25, 0.3) is 0 Å². The monoisotopic (exact) mass is 292 g/mol. The smallest absolute Gasteiger partial charge is 0.322 e. The van der Waals surface area contributed by atoms with E-state index in [0.717, 1.165) is 5.56 Å². The van der Waals surface area contributed by atoms with Crippen LogP contribution < -0.4 is 5.32 Å². The van der Waals surface area contributed by atoms with Crippen molar-refractivity contribution in [3.8, 4) is 0 Å². The lowest BCUT2D eigenvalue weighted by Crippen LogP contribution is -2.37. The number of amides is 2. The number of aliphatic carboxylic acids is 1. The second kappa shape index (κ2) is 8.76. The van der Waals surface area contributed by atoms with Crippen molar-refractivity contribution >= 4 is 17.7 Å². The summed E-state index contributed by atoms with van der Waals surface area (Å²) >= 11 is 0. The maximum atomic E-state index is 12.1. The summed E-state index contributed by atoms with van der Waals surface area (Å²) in [5.41, 5.74) is 1.34. The summed E-state index contributed by atoms with van der Waals surface area (Å²) in [6.45, 7) is 3.96. The number of aliphatic hydroxyl groups is 1. The fourth-order valence-electron chi connectivity index (χ4n) is 1.85. The van der Waals surface area contributed by atoms with Crippen LogP contribution in [-0.2, 0) is 11.2 Å². The molecule has 2 amide bonds. The zero-order valence-electron chi connectivity index (χ0n) is 11.8. The number of carbonyl (C=O) groups is 2. The minimum Gasteiger partial charge on any atom is -0.481 e. The summed E-state index contributed by atoms with van der Waals surface area (Å²) in [5, 5.41) is 20.4. The first-order chi connectivity index (χ1) is 10.1. The summed E-state index contributed by atoms with van der Waals surface area (Å²) in [6, 6.07) is 6.71. The van der Waals surface area contributed by atoms with E-state index in [0.29, 0.717) is 18.7 Å². The number of aliphatic hydroxyl groups excluding tert-OH is 1. The molecule has 0 radical (unpaired) electrons. The maximum absolute atomic E-state index is 12.1. The van der Waals surface area contributed by atoms with Gasteiger partial charge in [0.25, 0.3) is 0 Å². The van der Waals surface area contributed by atoms with Gasteiger partial charge in [-0.25, -0.2) is 4.79 Å². The molecule has 0 aliphatic heterocycles. The van der Waals surface area contributed by atoms with Crippen molar-refractivity contribution in [3.05, 3.63) is 42.5 Å². The van der Waals surface area contributed by atoms with Gasteiger partial charge in [-0.3, -0.25) is 4.79 Å². The molecule has 0 unspecified atom stereocenters.